The molecule has 0 saturated carbocycles. The van der Waals surface area contributed by atoms with Crippen molar-refractivity contribution in [3.05, 3.63) is 46.6 Å². The Hall–Kier alpha value is -1.97. The van der Waals surface area contributed by atoms with E-state index in [0.717, 1.165) is 16.8 Å². The second kappa shape index (κ2) is 9.45. The summed E-state index contributed by atoms with van der Waals surface area (Å²) in [6.07, 6.45) is -6.12. The number of ether oxygens (including phenoxy) is 2. The summed E-state index contributed by atoms with van der Waals surface area (Å²) in [7, 11) is 0. The average Bonchev–Trinajstić information content (AvgIpc) is 3.03. The number of hydrogen-bond donors (Lipinski definition) is 4. The van der Waals surface area contributed by atoms with Crippen LogP contribution in [0.3, 0.4) is 0 Å². The lowest BCUT2D eigenvalue weighted by Crippen LogP contribution is -2.60. The smallest absolute Gasteiger partial charge is 0.239 e. The minimum atomic E-state index is -1.50. The van der Waals surface area contributed by atoms with E-state index < -0.39 is 37.3 Å². The summed E-state index contributed by atoms with van der Waals surface area (Å²) in [6.45, 7) is 8.35. The van der Waals surface area contributed by atoms with Gasteiger partial charge in [0, 0.05) is 24.2 Å². The Kier molecular flexibility index (Phi) is 7.15. The normalized spacial score (nSPS) is 26.9. The van der Waals surface area contributed by atoms with Crippen LogP contribution in [0.15, 0.2) is 24.3 Å². The molecule has 2 aromatic rings. The first kappa shape index (κ1) is 22.7. The Morgan fingerprint density at radius 2 is 1.77 bits per heavy atom. The van der Waals surface area contributed by atoms with Gasteiger partial charge in [-0.2, -0.15) is 0 Å². The second-order valence-electron chi connectivity index (χ2n) is 8.07. The molecule has 1 aliphatic heterocycles. The highest BCUT2D eigenvalue weighted by molar-refractivity contribution is 5.37. The molecule has 30 heavy (non-hydrogen) atoms. The summed E-state index contributed by atoms with van der Waals surface area (Å²) < 4.78 is 13.1. The number of rotatable bonds is 7. The van der Waals surface area contributed by atoms with Gasteiger partial charge < -0.3 is 29.9 Å². The minimum absolute atomic E-state index is 0.298. The number of aliphatic hydroxyl groups excluding tert-OH is 4. The second-order valence-corrected chi connectivity index (χ2v) is 8.07. The van der Waals surface area contributed by atoms with Crippen molar-refractivity contribution >= 4 is 0 Å². The summed E-state index contributed by atoms with van der Waals surface area (Å²) >= 11 is 0. The lowest BCUT2D eigenvalue weighted by molar-refractivity contribution is -0.278. The number of benzene rings is 1. The Bertz CT molecular complexity index is 833. The van der Waals surface area contributed by atoms with Crippen LogP contribution in [0.25, 0.3) is 0 Å². The minimum Gasteiger partial charge on any atom is -0.443 e. The first-order chi connectivity index (χ1) is 14.3. The number of aryl methyl sites for hydroxylation is 1. The van der Waals surface area contributed by atoms with Crippen molar-refractivity contribution in [3.63, 3.8) is 0 Å². The van der Waals surface area contributed by atoms with E-state index in [1.807, 2.05) is 13.8 Å². The molecule has 0 amide bonds. The third-order valence-corrected chi connectivity index (χ3v) is 5.70. The van der Waals surface area contributed by atoms with Crippen molar-refractivity contribution < 1.29 is 29.9 Å². The van der Waals surface area contributed by atoms with E-state index in [0.29, 0.717) is 24.8 Å². The Morgan fingerprint density at radius 3 is 2.33 bits per heavy atom. The van der Waals surface area contributed by atoms with Crippen LogP contribution in [-0.4, -0.2) is 67.5 Å². The van der Waals surface area contributed by atoms with E-state index >= 15 is 0 Å². The van der Waals surface area contributed by atoms with Gasteiger partial charge in [-0.15, -0.1) is 5.10 Å². The highest BCUT2D eigenvalue weighted by Crippen LogP contribution is 2.29. The molecular formula is C22H32N2O6. The maximum Gasteiger partial charge on any atom is 0.239 e. The molecule has 1 aromatic heterocycles. The van der Waals surface area contributed by atoms with Gasteiger partial charge in [0.2, 0.25) is 12.2 Å². The molecule has 1 aliphatic rings. The van der Waals surface area contributed by atoms with Gasteiger partial charge in [0.25, 0.3) is 0 Å². The maximum atomic E-state index is 10.3. The Labute approximate surface area is 176 Å². The molecule has 1 fully saturated rings. The standard InChI is InChI=1S/C22H32N2O6/c1-5-24-13(4)16(10-14-6-8-15(9-7-14)12(2)3)21(23-24)30-22-20(28)19(27)18(26)17(11-25)29-22/h6-9,12,17-20,22,25-28H,5,10-11H2,1-4H3/t17-,18-,19+,20-,22+/m1/s1. The third-order valence-electron chi connectivity index (χ3n) is 5.70. The number of hydrogen-bond acceptors (Lipinski definition) is 7. The zero-order valence-corrected chi connectivity index (χ0v) is 17.9. The van der Waals surface area contributed by atoms with E-state index in [9.17, 15) is 20.4 Å². The first-order valence-corrected chi connectivity index (χ1v) is 10.4. The molecule has 166 valence electrons. The third kappa shape index (κ3) is 4.53. The molecule has 0 bridgehead atoms. The van der Waals surface area contributed by atoms with Crippen LogP contribution in [0.4, 0.5) is 0 Å². The van der Waals surface area contributed by atoms with Gasteiger partial charge in [-0.25, -0.2) is 0 Å². The van der Waals surface area contributed by atoms with Crippen molar-refractivity contribution in [2.24, 2.45) is 0 Å². The quantitative estimate of drug-likeness (QED) is 0.530. The summed E-state index contributed by atoms with van der Waals surface area (Å²) in [5.41, 5.74) is 4.14. The average molecular weight is 421 g/mol. The fraction of sp³-hybridized carbons (Fsp3) is 0.591. The monoisotopic (exact) mass is 420 g/mol. The number of nitrogens with zero attached hydrogens (tertiary/aromatic N) is 2. The Balaban J connectivity index is 1.86. The summed E-state index contributed by atoms with van der Waals surface area (Å²) in [5.74, 6) is 0.750. The van der Waals surface area contributed by atoms with E-state index in [1.165, 1.54) is 5.56 Å². The molecule has 0 unspecified atom stereocenters. The largest absolute Gasteiger partial charge is 0.443 e. The highest BCUT2D eigenvalue weighted by atomic mass is 16.7. The number of aliphatic hydroxyl groups is 4. The molecule has 0 radical (unpaired) electrons. The van der Waals surface area contributed by atoms with Crippen molar-refractivity contribution in [3.8, 4) is 5.88 Å². The van der Waals surface area contributed by atoms with Crippen LogP contribution < -0.4 is 4.74 Å². The SMILES string of the molecule is CCn1nc(O[C@@H]2O[C@H](CO)[C@@H](O)[C@H](O)[C@H]2O)c(Cc2ccc(C(C)C)cc2)c1C. The van der Waals surface area contributed by atoms with Gasteiger partial charge in [-0.1, -0.05) is 38.1 Å². The molecule has 4 N–H and O–H groups in total. The zero-order valence-electron chi connectivity index (χ0n) is 17.9. The van der Waals surface area contributed by atoms with Crippen LogP contribution >= 0.6 is 0 Å². The lowest BCUT2D eigenvalue weighted by atomic mass is 9.98. The fourth-order valence-corrected chi connectivity index (χ4v) is 3.66. The topological polar surface area (TPSA) is 117 Å². The van der Waals surface area contributed by atoms with Crippen LogP contribution in [-0.2, 0) is 17.7 Å². The van der Waals surface area contributed by atoms with Gasteiger partial charge >= 0.3 is 0 Å². The van der Waals surface area contributed by atoms with E-state index in [-0.39, 0.29) is 0 Å². The van der Waals surface area contributed by atoms with Crippen LogP contribution in [0.1, 0.15) is 49.1 Å². The van der Waals surface area contributed by atoms with Gasteiger partial charge in [0.1, 0.15) is 24.4 Å². The van der Waals surface area contributed by atoms with Crippen LogP contribution in [0.5, 0.6) is 5.88 Å². The molecule has 0 aliphatic carbocycles. The van der Waals surface area contributed by atoms with Gasteiger partial charge in [-0.05, 0) is 30.9 Å². The van der Waals surface area contributed by atoms with E-state index in [1.54, 1.807) is 4.68 Å². The summed E-state index contributed by atoms with van der Waals surface area (Å²) in [6, 6.07) is 8.38. The van der Waals surface area contributed by atoms with Crippen molar-refractivity contribution in [1.82, 2.24) is 9.78 Å². The molecule has 8 nitrogen and oxygen atoms in total. The number of aromatic nitrogens is 2. The Morgan fingerprint density at radius 1 is 1.10 bits per heavy atom. The maximum absolute atomic E-state index is 10.3. The van der Waals surface area contributed by atoms with Crippen molar-refractivity contribution in [1.29, 1.82) is 0 Å². The van der Waals surface area contributed by atoms with Gasteiger partial charge in [-0.3, -0.25) is 4.68 Å². The van der Waals surface area contributed by atoms with E-state index in [2.05, 4.69) is 43.2 Å². The lowest BCUT2D eigenvalue weighted by Gasteiger charge is -2.39. The summed E-state index contributed by atoms with van der Waals surface area (Å²) in [4.78, 5) is 0. The molecule has 1 saturated heterocycles. The van der Waals surface area contributed by atoms with Gasteiger partial charge in [0.15, 0.2) is 0 Å². The zero-order chi connectivity index (χ0) is 22.0. The molecule has 2 heterocycles. The molecule has 8 heteroatoms. The highest BCUT2D eigenvalue weighted by Gasteiger charge is 2.45. The van der Waals surface area contributed by atoms with Crippen LogP contribution in [0, 0.1) is 6.92 Å². The molecule has 1 aromatic carbocycles. The van der Waals surface area contributed by atoms with Crippen molar-refractivity contribution in [2.45, 2.75) is 77.3 Å². The predicted molar refractivity (Wildman–Crippen MR) is 110 cm³/mol. The molecule has 0 spiro atoms. The van der Waals surface area contributed by atoms with Crippen LogP contribution in [0.2, 0.25) is 0 Å². The van der Waals surface area contributed by atoms with Crippen molar-refractivity contribution in [2.75, 3.05) is 6.61 Å². The first-order valence-electron chi connectivity index (χ1n) is 10.4. The fourth-order valence-electron chi connectivity index (χ4n) is 3.66. The summed E-state index contributed by atoms with van der Waals surface area (Å²) in [5, 5.41) is 44.2. The molecular weight excluding hydrogens is 388 g/mol. The van der Waals surface area contributed by atoms with Gasteiger partial charge in [0.05, 0.1) is 6.61 Å². The predicted octanol–water partition coefficient (Wildman–Crippen LogP) is 1.10. The molecule has 5 atom stereocenters. The van der Waals surface area contributed by atoms with E-state index in [4.69, 9.17) is 9.47 Å². The molecule has 3 rings (SSSR count).